The zero-order valence-electron chi connectivity index (χ0n) is 22.2. The van der Waals surface area contributed by atoms with E-state index >= 15 is 0 Å². The summed E-state index contributed by atoms with van der Waals surface area (Å²) in [6.45, 7) is 4.26. The third-order valence-corrected chi connectivity index (χ3v) is 5.86. The van der Waals surface area contributed by atoms with Gasteiger partial charge in [-0.3, -0.25) is 19.2 Å². The summed E-state index contributed by atoms with van der Waals surface area (Å²) >= 11 is 0. The number of unbranched alkanes of at least 4 members (excludes halogenated alkanes) is 1. The van der Waals surface area contributed by atoms with Crippen molar-refractivity contribution in [2.24, 2.45) is 23.1 Å². The van der Waals surface area contributed by atoms with E-state index < -0.39 is 53.8 Å². The van der Waals surface area contributed by atoms with Crippen molar-refractivity contribution in [2.45, 2.75) is 83.0 Å². The number of primary amides is 1. The highest BCUT2D eigenvalue weighted by Crippen LogP contribution is 2.10. The molecule has 1 rings (SSSR count). The van der Waals surface area contributed by atoms with Crippen LogP contribution in [0.1, 0.15) is 57.9 Å². The normalized spacial score (nSPS) is 14.1. The molecular formula is C26H42N6O6. The molecule has 0 radical (unpaired) electrons. The number of carboxylic acids is 1. The molecule has 0 heterocycles. The van der Waals surface area contributed by atoms with Crippen LogP contribution >= 0.6 is 0 Å². The molecule has 0 aliphatic rings. The Hall–Kier alpha value is -3.51. The van der Waals surface area contributed by atoms with Gasteiger partial charge in [-0.15, -0.1) is 0 Å². The molecule has 1 aromatic carbocycles. The molecular weight excluding hydrogens is 492 g/mol. The van der Waals surface area contributed by atoms with Crippen molar-refractivity contribution in [2.75, 3.05) is 6.54 Å². The number of carboxylic acid groups (broad SMARTS) is 1. The molecule has 0 fully saturated rings. The zero-order chi connectivity index (χ0) is 28.7. The Labute approximate surface area is 223 Å². The maximum Gasteiger partial charge on any atom is 0.326 e. The number of aliphatic carboxylic acids is 1. The van der Waals surface area contributed by atoms with Crippen molar-refractivity contribution < 1.29 is 29.1 Å². The monoisotopic (exact) mass is 534 g/mol. The second-order valence-corrected chi connectivity index (χ2v) is 9.74. The molecule has 0 aromatic heterocycles. The summed E-state index contributed by atoms with van der Waals surface area (Å²) in [6.07, 6.45) is 1.75. The fourth-order valence-electron chi connectivity index (χ4n) is 3.77. The fourth-order valence-corrected chi connectivity index (χ4v) is 3.77. The van der Waals surface area contributed by atoms with Crippen LogP contribution in [0.25, 0.3) is 0 Å². The van der Waals surface area contributed by atoms with E-state index in [0.29, 0.717) is 25.8 Å². The van der Waals surface area contributed by atoms with Gasteiger partial charge >= 0.3 is 5.97 Å². The Morgan fingerprint density at radius 3 is 1.97 bits per heavy atom. The highest BCUT2D eigenvalue weighted by molar-refractivity contribution is 5.94. The average molecular weight is 535 g/mol. The Kier molecular flexibility index (Phi) is 14.6. The standard InChI is InChI=1S/C26H42N6O6/c1-16(2)14-20(31-23(34)18(28)10-6-7-13-27)24(35)32-21(15-17-8-4-3-5-9-17)25(36)30-19(26(37)38)11-12-22(29)33/h3-5,8-9,16,18-21H,6-7,10-15,27-28H2,1-2H3,(H2,29,33)(H,30,36)(H,31,34)(H,32,35)(H,37,38). The van der Waals surface area contributed by atoms with E-state index in [0.717, 1.165) is 12.0 Å². The number of carbonyl (C=O) groups is 5. The first kappa shape index (κ1) is 32.5. The minimum Gasteiger partial charge on any atom is -0.480 e. The number of amides is 4. The molecule has 4 amide bonds. The summed E-state index contributed by atoms with van der Waals surface area (Å²) in [4.78, 5) is 61.9. The summed E-state index contributed by atoms with van der Waals surface area (Å²) in [5.41, 5.74) is 17.3. The lowest BCUT2D eigenvalue weighted by Crippen LogP contribution is -2.57. The lowest BCUT2D eigenvalue weighted by Gasteiger charge is -2.26. The quantitative estimate of drug-likeness (QED) is 0.122. The number of hydrogen-bond acceptors (Lipinski definition) is 7. The Balaban J connectivity index is 3.07. The number of hydrogen-bond donors (Lipinski definition) is 7. The van der Waals surface area contributed by atoms with E-state index in [1.165, 1.54) is 0 Å². The van der Waals surface area contributed by atoms with Gasteiger partial charge in [-0.1, -0.05) is 50.6 Å². The summed E-state index contributed by atoms with van der Waals surface area (Å²) in [6, 6.07) is 4.58. The van der Waals surface area contributed by atoms with Crippen molar-refractivity contribution in [1.82, 2.24) is 16.0 Å². The number of rotatable bonds is 18. The molecule has 38 heavy (non-hydrogen) atoms. The predicted octanol–water partition coefficient (Wildman–Crippen LogP) is -0.464. The van der Waals surface area contributed by atoms with Gasteiger partial charge in [-0.25, -0.2) is 4.79 Å². The third kappa shape index (κ3) is 12.6. The second kappa shape index (κ2) is 17.1. The summed E-state index contributed by atoms with van der Waals surface area (Å²) < 4.78 is 0. The topological polar surface area (TPSA) is 220 Å². The molecule has 0 bridgehead atoms. The Bertz CT molecular complexity index is 926. The van der Waals surface area contributed by atoms with Crippen molar-refractivity contribution in [1.29, 1.82) is 0 Å². The van der Waals surface area contributed by atoms with Gasteiger partial charge in [0.25, 0.3) is 0 Å². The van der Waals surface area contributed by atoms with Crippen LogP contribution in [0, 0.1) is 5.92 Å². The lowest BCUT2D eigenvalue weighted by atomic mass is 10.00. The molecule has 0 aliphatic carbocycles. The van der Waals surface area contributed by atoms with E-state index in [9.17, 15) is 29.1 Å². The van der Waals surface area contributed by atoms with Gasteiger partial charge in [0.15, 0.2) is 0 Å². The molecule has 12 heteroatoms. The molecule has 0 saturated heterocycles. The molecule has 212 valence electrons. The average Bonchev–Trinajstić information content (AvgIpc) is 2.85. The molecule has 10 N–H and O–H groups in total. The zero-order valence-corrected chi connectivity index (χ0v) is 22.2. The van der Waals surface area contributed by atoms with Crippen molar-refractivity contribution >= 4 is 29.6 Å². The van der Waals surface area contributed by atoms with Crippen molar-refractivity contribution in [3.8, 4) is 0 Å². The smallest absolute Gasteiger partial charge is 0.326 e. The fraction of sp³-hybridized carbons (Fsp3) is 0.577. The number of benzene rings is 1. The minimum absolute atomic E-state index is 0.0334. The van der Waals surface area contributed by atoms with Crippen LogP contribution in [-0.2, 0) is 30.4 Å². The van der Waals surface area contributed by atoms with Crippen LogP contribution in [0.2, 0.25) is 0 Å². The predicted molar refractivity (Wildman–Crippen MR) is 142 cm³/mol. The largest absolute Gasteiger partial charge is 0.480 e. The number of nitrogens with one attached hydrogen (secondary N) is 3. The van der Waals surface area contributed by atoms with Crippen LogP contribution < -0.4 is 33.2 Å². The molecule has 0 saturated carbocycles. The molecule has 0 aliphatic heterocycles. The van der Waals surface area contributed by atoms with E-state index in [4.69, 9.17) is 17.2 Å². The van der Waals surface area contributed by atoms with Crippen molar-refractivity contribution in [3.05, 3.63) is 35.9 Å². The molecule has 4 atom stereocenters. The van der Waals surface area contributed by atoms with Gasteiger partial charge in [0.05, 0.1) is 6.04 Å². The molecule has 1 aromatic rings. The first-order chi connectivity index (χ1) is 17.9. The van der Waals surface area contributed by atoms with Crippen LogP contribution in [0.5, 0.6) is 0 Å². The van der Waals surface area contributed by atoms with Crippen LogP contribution in [0.4, 0.5) is 0 Å². The molecule has 4 unspecified atom stereocenters. The van der Waals surface area contributed by atoms with E-state index in [1.54, 1.807) is 30.3 Å². The van der Waals surface area contributed by atoms with Crippen molar-refractivity contribution in [3.63, 3.8) is 0 Å². The maximum absolute atomic E-state index is 13.3. The van der Waals surface area contributed by atoms with Gasteiger partial charge in [0, 0.05) is 12.8 Å². The summed E-state index contributed by atoms with van der Waals surface area (Å²) in [5, 5.41) is 17.2. The maximum atomic E-state index is 13.3. The first-order valence-corrected chi connectivity index (χ1v) is 12.9. The van der Waals surface area contributed by atoms with Gasteiger partial charge < -0.3 is 38.3 Å². The van der Waals surface area contributed by atoms with E-state index in [2.05, 4.69) is 16.0 Å². The lowest BCUT2D eigenvalue weighted by molar-refractivity contribution is -0.142. The second-order valence-electron chi connectivity index (χ2n) is 9.74. The van der Waals surface area contributed by atoms with E-state index in [-0.39, 0.29) is 25.2 Å². The van der Waals surface area contributed by atoms with Gasteiger partial charge in [-0.05, 0) is 43.7 Å². The highest BCUT2D eigenvalue weighted by atomic mass is 16.4. The van der Waals surface area contributed by atoms with Crippen LogP contribution in [-0.4, -0.2) is 65.4 Å². The van der Waals surface area contributed by atoms with E-state index in [1.807, 2.05) is 13.8 Å². The minimum atomic E-state index is -1.37. The van der Waals surface area contributed by atoms with Crippen LogP contribution in [0.3, 0.4) is 0 Å². The summed E-state index contributed by atoms with van der Waals surface area (Å²) in [5.74, 6) is -3.82. The first-order valence-electron chi connectivity index (χ1n) is 12.9. The van der Waals surface area contributed by atoms with Crippen LogP contribution in [0.15, 0.2) is 30.3 Å². The molecule has 0 spiro atoms. The van der Waals surface area contributed by atoms with Gasteiger partial charge in [0.1, 0.15) is 18.1 Å². The van der Waals surface area contributed by atoms with Gasteiger partial charge in [-0.2, -0.15) is 0 Å². The third-order valence-electron chi connectivity index (χ3n) is 5.86. The summed E-state index contributed by atoms with van der Waals surface area (Å²) in [7, 11) is 0. The Morgan fingerprint density at radius 1 is 0.842 bits per heavy atom. The SMILES string of the molecule is CC(C)CC(NC(=O)C(N)CCCCN)C(=O)NC(Cc1ccccc1)C(=O)NC(CCC(N)=O)C(=O)O. The molecule has 12 nitrogen and oxygen atoms in total. The number of nitrogens with two attached hydrogens (primary N) is 3. The highest BCUT2D eigenvalue weighted by Gasteiger charge is 2.31. The van der Waals surface area contributed by atoms with Gasteiger partial charge in [0.2, 0.25) is 23.6 Å². The Morgan fingerprint density at radius 2 is 1.42 bits per heavy atom. The number of carbonyl (C=O) groups excluding carboxylic acids is 4.